The summed E-state index contributed by atoms with van der Waals surface area (Å²) in [5.41, 5.74) is 7.39. The number of cyclic esters (lactones) is 1. The predicted molar refractivity (Wildman–Crippen MR) is 133 cm³/mol. The summed E-state index contributed by atoms with van der Waals surface area (Å²) in [5.74, 6) is 0.628. The summed E-state index contributed by atoms with van der Waals surface area (Å²) < 4.78 is 5.30. The third-order valence-electron chi connectivity index (χ3n) is 7.93. The van der Waals surface area contributed by atoms with Gasteiger partial charge in [-0.25, -0.2) is 4.79 Å². The third-order valence-corrected chi connectivity index (χ3v) is 8.18. The van der Waals surface area contributed by atoms with Gasteiger partial charge in [-0.15, -0.1) is 12.4 Å². The van der Waals surface area contributed by atoms with Crippen molar-refractivity contribution < 1.29 is 14.3 Å². The minimum atomic E-state index is -0.549. The van der Waals surface area contributed by atoms with Gasteiger partial charge < -0.3 is 20.3 Å². The van der Waals surface area contributed by atoms with E-state index in [1.54, 1.807) is 0 Å². The van der Waals surface area contributed by atoms with Crippen LogP contribution in [0.25, 0.3) is 0 Å². The Morgan fingerprint density at radius 3 is 2.39 bits per heavy atom. The van der Waals surface area contributed by atoms with Crippen LogP contribution in [0.1, 0.15) is 57.4 Å². The molecular weight excluding hydrogens is 461 g/mol. The molecule has 0 spiro atoms. The molecular formula is C25H37Cl2N3O3. The number of rotatable bonds is 6. The van der Waals surface area contributed by atoms with Crippen LogP contribution in [0.5, 0.6) is 0 Å². The number of nitrogens with two attached hydrogens (primary N) is 1. The first kappa shape index (κ1) is 26.1. The number of amides is 2. The Kier molecular flexibility index (Phi) is 8.93. The molecule has 2 amide bonds. The molecule has 0 radical (unpaired) electrons. The highest BCUT2D eigenvalue weighted by Gasteiger charge is 2.46. The second-order valence-corrected chi connectivity index (χ2v) is 10.4. The highest BCUT2D eigenvalue weighted by Crippen LogP contribution is 2.47. The average molecular weight is 498 g/mol. The van der Waals surface area contributed by atoms with Gasteiger partial charge in [0.2, 0.25) is 5.91 Å². The summed E-state index contributed by atoms with van der Waals surface area (Å²) in [6, 6.07) is 7.09. The maximum absolute atomic E-state index is 13.1. The number of hydrogen-bond acceptors (Lipinski definition) is 4. The van der Waals surface area contributed by atoms with Gasteiger partial charge in [0.25, 0.3) is 0 Å². The van der Waals surface area contributed by atoms with E-state index in [2.05, 4.69) is 6.92 Å². The van der Waals surface area contributed by atoms with Crippen LogP contribution in [-0.2, 0) is 16.0 Å². The van der Waals surface area contributed by atoms with Crippen LogP contribution in [-0.4, -0.2) is 60.1 Å². The van der Waals surface area contributed by atoms with Crippen molar-refractivity contribution in [3.63, 3.8) is 0 Å². The molecule has 2 saturated heterocycles. The van der Waals surface area contributed by atoms with Crippen molar-refractivity contribution in [3.8, 4) is 0 Å². The molecule has 6 nitrogen and oxygen atoms in total. The van der Waals surface area contributed by atoms with Gasteiger partial charge in [-0.2, -0.15) is 0 Å². The second kappa shape index (κ2) is 11.3. The first-order chi connectivity index (χ1) is 15.4. The van der Waals surface area contributed by atoms with Crippen molar-refractivity contribution in [3.05, 3.63) is 34.9 Å². The third kappa shape index (κ3) is 5.95. The summed E-state index contributed by atoms with van der Waals surface area (Å²) in [4.78, 5) is 29.3. The van der Waals surface area contributed by atoms with Gasteiger partial charge in [0.1, 0.15) is 6.61 Å². The summed E-state index contributed by atoms with van der Waals surface area (Å²) in [6.45, 7) is 4.70. The van der Waals surface area contributed by atoms with Crippen molar-refractivity contribution in [2.75, 3.05) is 26.2 Å². The first-order valence-corrected chi connectivity index (χ1v) is 12.5. The monoisotopic (exact) mass is 497 g/mol. The van der Waals surface area contributed by atoms with E-state index >= 15 is 0 Å². The van der Waals surface area contributed by atoms with E-state index in [0.717, 1.165) is 24.9 Å². The lowest BCUT2D eigenvalue weighted by molar-refractivity contribution is -0.136. The van der Waals surface area contributed by atoms with Crippen LogP contribution in [0.15, 0.2) is 24.3 Å². The Bertz CT molecular complexity index is 806. The van der Waals surface area contributed by atoms with E-state index in [0.29, 0.717) is 37.1 Å². The number of piperidine rings is 1. The summed E-state index contributed by atoms with van der Waals surface area (Å²) in [6.07, 6.45) is 8.46. The molecule has 1 saturated carbocycles. The van der Waals surface area contributed by atoms with Crippen LogP contribution < -0.4 is 5.73 Å². The highest BCUT2D eigenvalue weighted by molar-refractivity contribution is 6.30. The van der Waals surface area contributed by atoms with E-state index in [1.807, 2.05) is 34.1 Å². The molecule has 33 heavy (non-hydrogen) atoms. The lowest BCUT2D eigenvalue weighted by atomic mass is 9.63. The number of carbonyl (C=O) groups is 2. The van der Waals surface area contributed by atoms with Gasteiger partial charge >= 0.3 is 6.09 Å². The van der Waals surface area contributed by atoms with E-state index < -0.39 is 6.04 Å². The molecule has 0 unspecified atom stereocenters. The largest absolute Gasteiger partial charge is 0.447 e. The van der Waals surface area contributed by atoms with Crippen molar-refractivity contribution in [2.45, 2.75) is 70.4 Å². The van der Waals surface area contributed by atoms with Gasteiger partial charge in [0.15, 0.2) is 0 Å². The van der Waals surface area contributed by atoms with E-state index in [4.69, 9.17) is 22.1 Å². The van der Waals surface area contributed by atoms with Crippen LogP contribution in [0.4, 0.5) is 4.79 Å². The Hall–Kier alpha value is -1.50. The SMILES string of the molecule is C[C@H]1COC(=O)N1CC1(C2CCCCC2)CCN(C(=O)[C@H](N)Cc2ccc(Cl)cc2)CC1.Cl. The van der Waals surface area contributed by atoms with Crippen LogP contribution >= 0.6 is 24.0 Å². The lowest BCUT2D eigenvalue weighted by Crippen LogP contribution is -2.55. The molecule has 4 rings (SSSR count). The van der Waals surface area contributed by atoms with Gasteiger partial charge in [0.05, 0.1) is 12.1 Å². The minimum Gasteiger partial charge on any atom is -0.447 e. The smallest absolute Gasteiger partial charge is 0.410 e. The maximum atomic E-state index is 13.1. The molecule has 0 aromatic heterocycles. The molecule has 3 fully saturated rings. The Morgan fingerprint density at radius 1 is 1.18 bits per heavy atom. The van der Waals surface area contributed by atoms with Crippen LogP contribution in [0.2, 0.25) is 5.02 Å². The number of hydrogen-bond donors (Lipinski definition) is 1. The molecule has 1 aliphatic carbocycles. The fourth-order valence-electron chi connectivity index (χ4n) is 5.88. The molecule has 8 heteroatoms. The van der Waals surface area contributed by atoms with Crippen LogP contribution in [0, 0.1) is 11.3 Å². The van der Waals surface area contributed by atoms with Gasteiger partial charge in [-0.05, 0) is 68.1 Å². The number of nitrogens with zero attached hydrogens (tertiary/aromatic N) is 2. The summed E-state index contributed by atoms with van der Waals surface area (Å²) in [5, 5.41) is 0.680. The molecule has 2 aliphatic heterocycles. The number of ether oxygens (including phenoxy) is 1. The number of benzene rings is 1. The fourth-order valence-corrected chi connectivity index (χ4v) is 6.01. The van der Waals surface area contributed by atoms with Crippen molar-refractivity contribution >= 4 is 36.0 Å². The number of halogens is 2. The molecule has 184 valence electrons. The molecule has 2 atom stereocenters. The highest BCUT2D eigenvalue weighted by atomic mass is 35.5. The molecule has 2 heterocycles. The van der Waals surface area contributed by atoms with E-state index in [9.17, 15) is 9.59 Å². The van der Waals surface area contributed by atoms with Crippen molar-refractivity contribution in [1.29, 1.82) is 0 Å². The quantitative estimate of drug-likeness (QED) is 0.619. The zero-order valence-corrected chi connectivity index (χ0v) is 21.1. The molecule has 2 N–H and O–H groups in total. The van der Waals surface area contributed by atoms with Gasteiger partial charge in [0, 0.05) is 24.7 Å². The molecule has 3 aliphatic rings. The Labute approximate surface area is 208 Å². The summed E-state index contributed by atoms with van der Waals surface area (Å²) >= 11 is 5.96. The zero-order valence-electron chi connectivity index (χ0n) is 19.5. The molecule has 1 aromatic rings. The average Bonchev–Trinajstić information content (AvgIpc) is 3.13. The Morgan fingerprint density at radius 2 is 1.82 bits per heavy atom. The standard InChI is InChI=1S/C25H36ClN3O3.ClH/c1-18-16-32-24(31)29(18)17-25(20-5-3-2-4-6-20)11-13-28(14-12-25)23(30)22(27)15-19-7-9-21(26)10-8-19;/h7-10,18,20,22H,2-6,11-17,27H2,1H3;1H/t18-,22+;/m0./s1. The number of likely N-dealkylation sites (tertiary alicyclic amines) is 1. The fraction of sp³-hybridized carbons (Fsp3) is 0.680. The molecule has 0 bridgehead atoms. The van der Waals surface area contributed by atoms with Gasteiger partial charge in [-0.3, -0.25) is 4.79 Å². The Balaban J connectivity index is 0.00000306. The maximum Gasteiger partial charge on any atom is 0.410 e. The van der Waals surface area contributed by atoms with Crippen LogP contribution in [0.3, 0.4) is 0 Å². The lowest BCUT2D eigenvalue weighted by Gasteiger charge is -2.50. The van der Waals surface area contributed by atoms with Crippen molar-refractivity contribution in [2.24, 2.45) is 17.1 Å². The van der Waals surface area contributed by atoms with Crippen molar-refractivity contribution in [1.82, 2.24) is 9.80 Å². The zero-order chi connectivity index (χ0) is 22.7. The number of carbonyl (C=O) groups excluding carboxylic acids is 2. The van der Waals surface area contributed by atoms with E-state index in [1.165, 1.54) is 32.1 Å². The summed E-state index contributed by atoms with van der Waals surface area (Å²) in [7, 11) is 0. The minimum absolute atomic E-state index is 0. The predicted octanol–water partition coefficient (Wildman–Crippen LogP) is 4.66. The molecule has 1 aromatic carbocycles. The first-order valence-electron chi connectivity index (χ1n) is 12.1. The van der Waals surface area contributed by atoms with Gasteiger partial charge in [-0.1, -0.05) is 43.0 Å². The second-order valence-electron chi connectivity index (χ2n) is 10.0. The topological polar surface area (TPSA) is 75.9 Å². The van der Waals surface area contributed by atoms with E-state index in [-0.39, 0.29) is 35.9 Å². The normalized spacial score (nSPS) is 24.2.